The van der Waals surface area contributed by atoms with Crippen molar-refractivity contribution in [2.45, 2.75) is 13.5 Å². The molecule has 1 aromatic carbocycles. The Kier molecular flexibility index (Phi) is 4.37. The van der Waals surface area contributed by atoms with Crippen molar-refractivity contribution in [3.8, 4) is 5.88 Å². The zero-order chi connectivity index (χ0) is 15.4. The van der Waals surface area contributed by atoms with Crippen LogP contribution in [0.3, 0.4) is 0 Å². The summed E-state index contributed by atoms with van der Waals surface area (Å²) in [7, 11) is 3.44. The van der Waals surface area contributed by atoms with Crippen LogP contribution < -0.4 is 9.64 Å². The molecular weight excluding hydrogens is 270 g/mol. The molecule has 1 aromatic heterocycles. The second-order valence-corrected chi connectivity index (χ2v) is 4.71. The number of benzene rings is 1. The van der Waals surface area contributed by atoms with Crippen molar-refractivity contribution in [3.05, 3.63) is 47.2 Å². The summed E-state index contributed by atoms with van der Waals surface area (Å²) in [6.45, 7) is 2.45. The number of carboxylic acids is 1. The smallest absolute Gasteiger partial charge is 0.335 e. The van der Waals surface area contributed by atoms with Crippen LogP contribution >= 0.6 is 0 Å². The first-order chi connectivity index (χ1) is 9.99. The van der Waals surface area contributed by atoms with Gasteiger partial charge in [-0.2, -0.15) is 4.98 Å². The molecule has 2 aromatic rings. The molecule has 0 aliphatic heterocycles. The molecule has 0 spiro atoms. The number of methoxy groups -OCH3 is 1. The topological polar surface area (TPSA) is 75.5 Å². The third kappa shape index (κ3) is 3.68. The van der Waals surface area contributed by atoms with Gasteiger partial charge in [0.15, 0.2) is 0 Å². The number of anilines is 1. The van der Waals surface area contributed by atoms with E-state index in [1.165, 1.54) is 0 Å². The minimum Gasteiger partial charge on any atom is -0.481 e. The highest BCUT2D eigenvalue weighted by Gasteiger charge is 2.09. The number of carboxylic acid groups (broad SMARTS) is 1. The number of aromatic nitrogens is 2. The largest absolute Gasteiger partial charge is 0.481 e. The Morgan fingerprint density at radius 1 is 1.29 bits per heavy atom. The highest BCUT2D eigenvalue weighted by molar-refractivity contribution is 5.87. The molecule has 0 saturated heterocycles. The van der Waals surface area contributed by atoms with Gasteiger partial charge in [-0.05, 0) is 24.6 Å². The quantitative estimate of drug-likeness (QED) is 0.908. The summed E-state index contributed by atoms with van der Waals surface area (Å²) in [6, 6.07) is 8.51. The molecule has 6 nitrogen and oxygen atoms in total. The third-order valence-electron chi connectivity index (χ3n) is 2.99. The first kappa shape index (κ1) is 14.8. The van der Waals surface area contributed by atoms with Gasteiger partial charge < -0.3 is 14.7 Å². The van der Waals surface area contributed by atoms with Gasteiger partial charge in [-0.25, -0.2) is 9.78 Å². The van der Waals surface area contributed by atoms with Gasteiger partial charge in [0.25, 0.3) is 0 Å². The Morgan fingerprint density at radius 2 is 1.95 bits per heavy atom. The Bertz CT molecular complexity index is 641. The van der Waals surface area contributed by atoms with Crippen LogP contribution in [0, 0.1) is 6.92 Å². The number of aromatic carboxylic acids is 1. The molecule has 6 heteroatoms. The normalized spacial score (nSPS) is 10.2. The maximum atomic E-state index is 10.8. The van der Waals surface area contributed by atoms with Crippen LogP contribution in [0.2, 0.25) is 0 Å². The molecule has 0 aliphatic rings. The zero-order valence-electron chi connectivity index (χ0n) is 12.2. The Hall–Kier alpha value is -2.63. The predicted molar refractivity (Wildman–Crippen MR) is 78.8 cm³/mol. The van der Waals surface area contributed by atoms with E-state index in [9.17, 15) is 4.79 Å². The first-order valence-corrected chi connectivity index (χ1v) is 6.42. The highest BCUT2D eigenvalue weighted by atomic mass is 16.5. The lowest BCUT2D eigenvalue weighted by atomic mass is 10.1. The van der Waals surface area contributed by atoms with E-state index in [1.807, 2.05) is 18.9 Å². The number of rotatable bonds is 5. The number of hydrogen-bond donors (Lipinski definition) is 1. The third-order valence-corrected chi connectivity index (χ3v) is 2.99. The van der Waals surface area contributed by atoms with Gasteiger partial charge in [-0.3, -0.25) is 0 Å². The van der Waals surface area contributed by atoms with Gasteiger partial charge in [-0.15, -0.1) is 0 Å². The molecular formula is C15H17N3O3. The molecule has 0 amide bonds. The summed E-state index contributed by atoms with van der Waals surface area (Å²) in [4.78, 5) is 21.4. The number of carbonyl (C=O) groups is 1. The van der Waals surface area contributed by atoms with Crippen molar-refractivity contribution in [1.29, 1.82) is 0 Å². The molecule has 2 rings (SSSR count). The molecule has 0 fully saturated rings. The van der Waals surface area contributed by atoms with E-state index in [2.05, 4.69) is 9.97 Å². The molecule has 1 heterocycles. The van der Waals surface area contributed by atoms with Gasteiger partial charge in [0.1, 0.15) is 0 Å². The second kappa shape index (κ2) is 6.21. The van der Waals surface area contributed by atoms with Crippen molar-refractivity contribution < 1.29 is 14.6 Å². The van der Waals surface area contributed by atoms with Gasteiger partial charge in [-0.1, -0.05) is 12.1 Å². The molecule has 0 bridgehead atoms. The first-order valence-electron chi connectivity index (χ1n) is 6.42. The Labute approximate surface area is 123 Å². The van der Waals surface area contributed by atoms with Crippen molar-refractivity contribution in [1.82, 2.24) is 9.97 Å². The van der Waals surface area contributed by atoms with E-state index in [-0.39, 0.29) is 5.56 Å². The van der Waals surface area contributed by atoms with Crippen LogP contribution in [0.5, 0.6) is 5.88 Å². The summed E-state index contributed by atoms with van der Waals surface area (Å²) < 4.78 is 5.14. The Balaban J connectivity index is 2.15. The molecule has 0 atom stereocenters. The fourth-order valence-electron chi connectivity index (χ4n) is 1.90. The molecule has 0 saturated carbocycles. The lowest BCUT2D eigenvalue weighted by Gasteiger charge is -2.18. The van der Waals surface area contributed by atoms with E-state index >= 15 is 0 Å². The van der Waals surface area contributed by atoms with Gasteiger partial charge in [0, 0.05) is 25.4 Å². The van der Waals surface area contributed by atoms with Gasteiger partial charge >= 0.3 is 5.97 Å². The minimum atomic E-state index is -0.929. The fourth-order valence-corrected chi connectivity index (χ4v) is 1.90. The van der Waals surface area contributed by atoms with Crippen LogP contribution in [0.25, 0.3) is 0 Å². The summed E-state index contributed by atoms with van der Waals surface area (Å²) in [6.07, 6.45) is 0. The lowest BCUT2D eigenvalue weighted by Crippen LogP contribution is -2.19. The summed E-state index contributed by atoms with van der Waals surface area (Å²) >= 11 is 0. The second-order valence-electron chi connectivity index (χ2n) is 4.71. The van der Waals surface area contributed by atoms with Crippen molar-refractivity contribution in [2.75, 3.05) is 19.1 Å². The van der Waals surface area contributed by atoms with E-state index in [0.717, 1.165) is 11.3 Å². The predicted octanol–water partition coefficient (Wildman–Crippen LogP) is 2.13. The molecule has 110 valence electrons. The number of nitrogens with zero attached hydrogens (tertiary/aromatic N) is 3. The summed E-state index contributed by atoms with van der Waals surface area (Å²) in [5.74, 6) is 0.154. The monoisotopic (exact) mass is 287 g/mol. The SMILES string of the molecule is COc1cc(C)nc(N(C)Cc2ccc(C(=O)O)cc2)n1. The van der Waals surface area contributed by atoms with Crippen molar-refractivity contribution >= 4 is 11.9 Å². The van der Waals surface area contributed by atoms with E-state index < -0.39 is 5.97 Å². The van der Waals surface area contributed by atoms with Crippen LogP contribution in [-0.2, 0) is 6.54 Å². The van der Waals surface area contributed by atoms with Crippen molar-refractivity contribution in [2.24, 2.45) is 0 Å². The molecule has 21 heavy (non-hydrogen) atoms. The van der Waals surface area contributed by atoms with Gasteiger partial charge in [0.2, 0.25) is 11.8 Å². The van der Waals surface area contributed by atoms with Crippen LogP contribution in [-0.4, -0.2) is 35.2 Å². The van der Waals surface area contributed by atoms with E-state index in [0.29, 0.717) is 18.4 Å². The maximum Gasteiger partial charge on any atom is 0.335 e. The maximum absolute atomic E-state index is 10.8. The minimum absolute atomic E-state index is 0.273. The number of ether oxygens (including phenoxy) is 1. The average Bonchev–Trinajstić information content (AvgIpc) is 2.47. The van der Waals surface area contributed by atoms with E-state index in [1.54, 1.807) is 37.4 Å². The van der Waals surface area contributed by atoms with Crippen LogP contribution in [0.4, 0.5) is 5.95 Å². The van der Waals surface area contributed by atoms with Crippen LogP contribution in [0.15, 0.2) is 30.3 Å². The van der Waals surface area contributed by atoms with Gasteiger partial charge in [0.05, 0.1) is 12.7 Å². The summed E-state index contributed by atoms with van der Waals surface area (Å²) in [5, 5.41) is 8.88. The zero-order valence-corrected chi connectivity index (χ0v) is 12.2. The standard InChI is InChI=1S/C15H17N3O3/c1-10-8-13(21-3)17-15(16-10)18(2)9-11-4-6-12(7-5-11)14(19)20/h4-8H,9H2,1-3H3,(H,19,20). The number of hydrogen-bond acceptors (Lipinski definition) is 5. The fraction of sp³-hybridized carbons (Fsp3) is 0.267. The Morgan fingerprint density at radius 3 is 2.52 bits per heavy atom. The summed E-state index contributed by atoms with van der Waals surface area (Å²) in [5.41, 5.74) is 2.08. The highest BCUT2D eigenvalue weighted by Crippen LogP contribution is 2.16. The molecule has 0 aliphatic carbocycles. The molecule has 0 radical (unpaired) electrons. The van der Waals surface area contributed by atoms with Crippen LogP contribution in [0.1, 0.15) is 21.6 Å². The number of aryl methyl sites for hydroxylation is 1. The molecule has 1 N–H and O–H groups in total. The van der Waals surface area contributed by atoms with Crippen molar-refractivity contribution in [3.63, 3.8) is 0 Å². The van der Waals surface area contributed by atoms with E-state index in [4.69, 9.17) is 9.84 Å². The lowest BCUT2D eigenvalue weighted by molar-refractivity contribution is 0.0697. The molecule has 0 unspecified atom stereocenters. The average molecular weight is 287 g/mol.